The van der Waals surface area contributed by atoms with Gasteiger partial charge in [-0.15, -0.1) is 0 Å². The zero-order chi connectivity index (χ0) is 15.1. The molecule has 1 aliphatic carbocycles. The summed E-state index contributed by atoms with van der Waals surface area (Å²) in [6.45, 7) is 1.91. The number of aromatic nitrogens is 2. The third kappa shape index (κ3) is 1.99. The Morgan fingerprint density at radius 3 is 2.68 bits per heavy atom. The Morgan fingerprint density at radius 2 is 1.95 bits per heavy atom. The van der Waals surface area contributed by atoms with Crippen molar-refractivity contribution in [1.82, 2.24) is 9.78 Å². The second-order valence-electron chi connectivity index (χ2n) is 5.70. The maximum atomic E-state index is 12.6. The van der Waals surface area contributed by atoms with Gasteiger partial charge in [0.25, 0.3) is 0 Å². The maximum absolute atomic E-state index is 12.6. The summed E-state index contributed by atoms with van der Waals surface area (Å²) in [7, 11) is 0. The largest absolute Gasteiger partial charge is 0.469 e. The summed E-state index contributed by atoms with van der Waals surface area (Å²) in [6, 6.07) is 13.8. The lowest BCUT2D eigenvalue weighted by molar-refractivity contribution is 0.0959. The molecule has 1 aromatic carbocycles. The predicted octanol–water partition coefficient (Wildman–Crippen LogP) is 3.69. The van der Waals surface area contributed by atoms with Gasteiger partial charge in [-0.1, -0.05) is 18.2 Å². The van der Waals surface area contributed by atoms with Crippen LogP contribution in [0.4, 0.5) is 0 Å². The van der Waals surface area contributed by atoms with E-state index in [9.17, 15) is 4.79 Å². The number of carbonyl (C=O) groups is 1. The Bertz CT molecular complexity index is 816. The van der Waals surface area contributed by atoms with Crippen molar-refractivity contribution in [3.05, 3.63) is 71.4 Å². The summed E-state index contributed by atoms with van der Waals surface area (Å²) in [6.07, 6.45) is 2.92. The number of para-hydroxylation sites is 1. The van der Waals surface area contributed by atoms with Gasteiger partial charge in [-0.2, -0.15) is 5.10 Å². The molecule has 0 N–H and O–H groups in total. The van der Waals surface area contributed by atoms with E-state index in [1.54, 1.807) is 6.26 Å². The molecule has 4 heteroatoms. The molecule has 0 aliphatic heterocycles. The zero-order valence-electron chi connectivity index (χ0n) is 12.3. The number of fused-ring (bicyclic) bond motifs is 1. The van der Waals surface area contributed by atoms with Crippen molar-refractivity contribution in [2.24, 2.45) is 0 Å². The minimum absolute atomic E-state index is 0.0913. The van der Waals surface area contributed by atoms with E-state index in [1.165, 1.54) is 0 Å². The normalized spacial score (nSPS) is 17.5. The first-order valence-corrected chi connectivity index (χ1v) is 7.44. The zero-order valence-corrected chi connectivity index (χ0v) is 12.3. The van der Waals surface area contributed by atoms with Crippen LogP contribution in [0.15, 0.2) is 53.1 Å². The molecule has 0 fully saturated rings. The van der Waals surface area contributed by atoms with Gasteiger partial charge in [-0.05, 0) is 31.2 Å². The Kier molecular flexibility index (Phi) is 2.96. The van der Waals surface area contributed by atoms with Gasteiger partial charge in [0.15, 0.2) is 5.78 Å². The lowest BCUT2D eigenvalue weighted by atomic mass is 9.84. The van der Waals surface area contributed by atoms with Crippen LogP contribution in [0.25, 0.3) is 5.69 Å². The van der Waals surface area contributed by atoms with Crippen LogP contribution in [0.1, 0.15) is 39.8 Å². The Labute approximate surface area is 128 Å². The quantitative estimate of drug-likeness (QED) is 0.723. The van der Waals surface area contributed by atoms with E-state index in [1.807, 2.05) is 54.1 Å². The molecule has 1 aliphatic rings. The lowest BCUT2D eigenvalue weighted by Crippen LogP contribution is -2.20. The fourth-order valence-corrected chi connectivity index (χ4v) is 3.27. The van der Waals surface area contributed by atoms with Crippen LogP contribution in [0, 0.1) is 6.92 Å². The number of nitrogens with zero attached hydrogens (tertiary/aromatic N) is 2. The van der Waals surface area contributed by atoms with Crippen LogP contribution in [0.5, 0.6) is 0 Å². The minimum Gasteiger partial charge on any atom is -0.469 e. The van der Waals surface area contributed by atoms with E-state index >= 15 is 0 Å². The lowest BCUT2D eigenvalue weighted by Gasteiger charge is -2.21. The summed E-state index contributed by atoms with van der Waals surface area (Å²) < 4.78 is 7.41. The fraction of sp³-hybridized carbons (Fsp3) is 0.222. The third-order valence-electron chi connectivity index (χ3n) is 4.25. The molecular weight excluding hydrogens is 276 g/mol. The van der Waals surface area contributed by atoms with E-state index in [0.29, 0.717) is 6.42 Å². The third-order valence-corrected chi connectivity index (χ3v) is 4.25. The van der Waals surface area contributed by atoms with Crippen LogP contribution < -0.4 is 0 Å². The highest BCUT2D eigenvalue weighted by Crippen LogP contribution is 2.35. The number of ketones is 1. The Balaban J connectivity index is 1.83. The Morgan fingerprint density at radius 1 is 1.14 bits per heavy atom. The van der Waals surface area contributed by atoms with Crippen LogP contribution in [0.2, 0.25) is 0 Å². The average Bonchev–Trinajstić information content (AvgIpc) is 3.16. The molecular formula is C18H16N2O2. The highest BCUT2D eigenvalue weighted by molar-refractivity contribution is 6.00. The van der Waals surface area contributed by atoms with E-state index < -0.39 is 0 Å². The van der Waals surface area contributed by atoms with Gasteiger partial charge >= 0.3 is 0 Å². The summed E-state index contributed by atoms with van der Waals surface area (Å²) >= 11 is 0. The van der Waals surface area contributed by atoms with Gasteiger partial charge < -0.3 is 4.42 Å². The maximum Gasteiger partial charge on any atom is 0.167 e. The highest BCUT2D eigenvalue weighted by Gasteiger charge is 2.33. The van der Waals surface area contributed by atoms with Gasteiger partial charge in [-0.3, -0.25) is 4.79 Å². The van der Waals surface area contributed by atoms with E-state index in [4.69, 9.17) is 4.42 Å². The molecule has 22 heavy (non-hydrogen) atoms. The van der Waals surface area contributed by atoms with E-state index in [0.717, 1.165) is 34.8 Å². The van der Waals surface area contributed by atoms with E-state index in [2.05, 4.69) is 5.10 Å². The molecule has 0 amide bonds. The van der Waals surface area contributed by atoms with Crippen molar-refractivity contribution in [2.75, 3.05) is 0 Å². The molecule has 2 heterocycles. The summed E-state index contributed by atoms with van der Waals surface area (Å²) in [4.78, 5) is 12.6. The fourth-order valence-electron chi connectivity index (χ4n) is 3.27. The highest BCUT2D eigenvalue weighted by atomic mass is 16.3. The average molecular weight is 292 g/mol. The molecule has 0 bridgehead atoms. The van der Waals surface area contributed by atoms with Gasteiger partial charge in [0.05, 0.1) is 28.9 Å². The first-order valence-electron chi connectivity index (χ1n) is 7.44. The standard InChI is InChI=1S/C18H16N2O2/c1-12-18-15(20(19-12)14-6-3-2-4-7-14)10-13(11-16(18)21)17-8-5-9-22-17/h2-9,13H,10-11H2,1H3/t13-/m1/s1. The number of Topliss-reactive ketones (excluding diaryl/α,β-unsaturated/α-hetero) is 1. The molecule has 4 rings (SSSR count). The second kappa shape index (κ2) is 4.98. The van der Waals surface area contributed by atoms with Gasteiger partial charge in [-0.25, -0.2) is 4.68 Å². The topological polar surface area (TPSA) is 48.0 Å². The van der Waals surface area contributed by atoms with Crippen molar-refractivity contribution in [3.8, 4) is 5.69 Å². The molecule has 0 saturated carbocycles. The molecule has 4 nitrogen and oxygen atoms in total. The summed E-state index contributed by atoms with van der Waals surface area (Å²) in [5.41, 5.74) is 3.56. The molecule has 110 valence electrons. The number of hydrogen-bond acceptors (Lipinski definition) is 3. The van der Waals surface area contributed by atoms with Crippen LogP contribution in [-0.2, 0) is 6.42 Å². The van der Waals surface area contributed by atoms with Gasteiger partial charge in [0.1, 0.15) is 5.76 Å². The molecule has 1 atom stereocenters. The van der Waals surface area contributed by atoms with Crippen molar-refractivity contribution in [1.29, 1.82) is 0 Å². The molecule has 3 aromatic rings. The van der Waals surface area contributed by atoms with Gasteiger partial charge in [0, 0.05) is 18.8 Å². The van der Waals surface area contributed by atoms with Crippen LogP contribution in [-0.4, -0.2) is 15.6 Å². The summed E-state index contributed by atoms with van der Waals surface area (Å²) in [5.74, 6) is 1.12. The minimum atomic E-state index is 0.0913. The van der Waals surface area contributed by atoms with E-state index in [-0.39, 0.29) is 11.7 Å². The predicted molar refractivity (Wildman–Crippen MR) is 82.4 cm³/mol. The number of rotatable bonds is 2. The molecule has 0 unspecified atom stereocenters. The number of aryl methyl sites for hydroxylation is 1. The van der Waals surface area contributed by atoms with Crippen LogP contribution in [0.3, 0.4) is 0 Å². The van der Waals surface area contributed by atoms with Crippen LogP contribution >= 0.6 is 0 Å². The number of hydrogen-bond donors (Lipinski definition) is 0. The Hall–Kier alpha value is -2.62. The van der Waals surface area contributed by atoms with Crippen molar-refractivity contribution in [2.45, 2.75) is 25.7 Å². The van der Waals surface area contributed by atoms with Crippen molar-refractivity contribution in [3.63, 3.8) is 0 Å². The second-order valence-corrected chi connectivity index (χ2v) is 5.70. The molecule has 0 spiro atoms. The molecule has 0 radical (unpaired) electrons. The number of carbonyl (C=O) groups excluding carboxylic acids is 1. The smallest absolute Gasteiger partial charge is 0.167 e. The molecule has 0 saturated heterocycles. The first-order chi connectivity index (χ1) is 10.7. The summed E-state index contributed by atoms with van der Waals surface area (Å²) in [5, 5.41) is 4.59. The van der Waals surface area contributed by atoms with Crippen molar-refractivity contribution >= 4 is 5.78 Å². The monoisotopic (exact) mass is 292 g/mol. The molecule has 2 aromatic heterocycles. The first kappa shape index (κ1) is 13.1. The number of furan rings is 1. The van der Waals surface area contributed by atoms with Gasteiger partial charge in [0.2, 0.25) is 0 Å². The van der Waals surface area contributed by atoms with Crippen molar-refractivity contribution < 1.29 is 9.21 Å². The number of benzene rings is 1. The SMILES string of the molecule is Cc1nn(-c2ccccc2)c2c1C(=O)C[C@H](c1ccco1)C2.